The van der Waals surface area contributed by atoms with Gasteiger partial charge in [-0.15, -0.1) is 0 Å². The predicted octanol–water partition coefficient (Wildman–Crippen LogP) is -0.228. The van der Waals surface area contributed by atoms with Gasteiger partial charge in [-0.25, -0.2) is 4.72 Å². The van der Waals surface area contributed by atoms with Gasteiger partial charge < -0.3 is 4.74 Å². The molecule has 0 saturated carbocycles. The lowest BCUT2D eigenvalue weighted by molar-refractivity contribution is -0.140. The summed E-state index contributed by atoms with van der Waals surface area (Å²) < 4.78 is 31.7. The smallest absolute Gasteiger partial charge is 0.306 e. The molecule has 0 aliphatic rings. The Kier molecular flexibility index (Phi) is 5.19. The van der Waals surface area contributed by atoms with Gasteiger partial charge in [-0.05, 0) is 20.8 Å². The van der Waals surface area contributed by atoms with E-state index in [-0.39, 0.29) is 13.0 Å². The molecule has 0 saturated heterocycles. The first kappa shape index (κ1) is 14.3. The van der Waals surface area contributed by atoms with Crippen molar-refractivity contribution in [2.45, 2.75) is 32.7 Å². The van der Waals surface area contributed by atoms with Gasteiger partial charge in [0.25, 0.3) is 10.2 Å². The maximum Gasteiger partial charge on any atom is 0.306 e. The van der Waals surface area contributed by atoms with Gasteiger partial charge in [-0.3, -0.25) is 4.79 Å². The molecule has 0 rings (SSSR count). The summed E-state index contributed by atoms with van der Waals surface area (Å²) in [6, 6.07) is 0. The van der Waals surface area contributed by atoms with Gasteiger partial charge in [0.1, 0.15) is 0 Å². The molecule has 0 aliphatic heterocycles. The normalized spacial score (nSPS) is 12.5. The molecule has 90 valence electrons. The highest BCUT2D eigenvalue weighted by Crippen LogP contribution is 2.00. The average Bonchev–Trinajstić information content (AvgIpc) is 1.98. The van der Waals surface area contributed by atoms with Gasteiger partial charge in [0.2, 0.25) is 0 Å². The van der Waals surface area contributed by atoms with Crippen molar-refractivity contribution in [1.82, 2.24) is 9.44 Å². The van der Waals surface area contributed by atoms with Gasteiger partial charge in [0.15, 0.2) is 0 Å². The molecule has 7 heteroatoms. The fraction of sp³-hybridized carbons (Fsp3) is 0.875. The molecule has 0 unspecified atom stereocenters. The quantitative estimate of drug-likeness (QED) is 0.648. The number of esters is 1. The zero-order valence-corrected chi connectivity index (χ0v) is 10.3. The highest BCUT2D eigenvalue weighted by molar-refractivity contribution is 7.87. The largest absolute Gasteiger partial charge is 0.469 e. The molecule has 0 atom stereocenters. The Balaban J connectivity index is 4.01. The summed E-state index contributed by atoms with van der Waals surface area (Å²) in [5.74, 6) is -0.451. The van der Waals surface area contributed by atoms with Crippen LogP contribution in [0.1, 0.15) is 27.2 Å². The Morgan fingerprint density at radius 2 is 1.87 bits per heavy atom. The van der Waals surface area contributed by atoms with Crippen molar-refractivity contribution < 1.29 is 17.9 Å². The van der Waals surface area contributed by atoms with E-state index in [2.05, 4.69) is 14.2 Å². The predicted molar refractivity (Wildman–Crippen MR) is 56.4 cm³/mol. The Bertz CT molecular complexity index is 305. The van der Waals surface area contributed by atoms with Crippen LogP contribution in [0.4, 0.5) is 0 Å². The minimum absolute atomic E-state index is 0.0154. The van der Waals surface area contributed by atoms with Crippen LogP contribution in [0.25, 0.3) is 0 Å². The summed E-state index contributed by atoms with van der Waals surface area (Å²) in [4.78, 5) is 10.7. The van der Waals surface area contributed by atoms with E-state index >= 15 is 0 Å². The van der Waals surface area contributed by atoms with Crippen molar-refractivity contribution >= 4 is 16.2 Å². The molecule has 2 N–H and O–H groups in total. The van der Waals surface area contributed by atoms with E-state index in [4.69, 9.17) is 0 Å². The first-order valence-corrected chi connectivity index (χ1v) is 6.00. The molecule has 0 amide bonds. The van der Waals surface area contributed by atoms with E-state index in [1.807, 2.05) is 0 Å². The maximum absolute atomic E-state index is 11.3. The van der Waals surface area contributed by atoms with Crippen LogP contribution < -0.4 is 9.44 Å². The van der Waals surface area contributed by atoms with E-state index in [0.29, 0.717) is 0 Å². The van der Waals surface area contributed by atoms with Gasteiger partial charge in [0.05, 0.1) is 13.5 Å². The van der Waals surface area contributed by atoms with Crippen LogP contribution in [0.2, 0.25) is 0 Å². The van der Waals surface area contributed by atoms with E-state index in [1.165, 1.54) is 7.11 Å². The van der Waals surface area contributed by atoms with Crippen molar-refractivity contribution in [3.8, 4) is 0 Å². The van der Waals surface area contributed by atoms with Crippen LogP contribution in [-0.2, 0) is 19.7 Å². The SMILES string of the molecule is COC(=O)CCNS(=O)(=O)NC(C)(C)C. The zero-order chi connectivity index (χ0) is 12.1. The monoisotopic (exact) mass is 238 g/mol. The van der Waals surface area contributed by atoms with Crippen LogP contribution in [0.3, 0.4) is 0 Å². The fourth-order valence-electron chi connectivity index (χ4n) is 0.829. The summed E-state index contributed by atoms with van der Waals surface area (Å²) in [6.45, 7) is 5.21. The number of carbonyl (C=O) groups excluding carboxylic acids is 1. The Morgan fingerprint density at radius 3 is 2.27 bits per heavy atom. The minimum atomic E-state index is -3.55. The topological polar surface area (TPSA) is 84.5 Å². The number of hydrogen-bond donors (Lipinski definition) is 2. The zero-order valence-electron chi connectivity index (χ0n) is 9.46. The lowest BCUT2D eigenvalue weighted by Crippen LogP contribution is -2.47. The number of hydrogen-bond acceptors (Lipinski definition) is 4. The van der Waals surface area contributed by atoms with Crippen LogP contribution in [0, 0.1) is 0 Å². The molecule has 0 fully saturated rings. The van der Waals surface area contributed by atoms with E-state index in [1.54, 1.807) is 20.8 Å². The third-order valence-electron chi connectivity index (χ3n) is 1.29. The molecule has 0 bridgehead atoms. The van der Waals surface area contributed by atoms with E-state index in [9.17, 15) is 13.2 Å². The minimum Gasteiger partial charge on any atom is -0.469 e. The van der Waals surface area contributed by atoms with Crippen LogP contribution in [-0.4, -0.2) is 33.6 Å². The van der Waals surface area contributed by atoms with Gasteiger partial charge >= 0.3 is 5.97 Å². The van der Waals surface area contributed by atoms with Crippen molar-refractivity contribution in [3.05, 3.63) is 0 Å². The second-order valence-corrected chi connectivity index (χ2v) is 5.58. The average molecular weight is 238 g/mol. The Morgan fingerprint density at radius 1 is 1.33 bits per heavy atom. The van der Waals surface area contributed by atoms with Crippen molar-refractivity contribution in [1.29, 1.82) is 0 Å². The Labute approximate surface area is 90.6 Å². The molecule has 0 aromatic heterocycles. The summed E-state index contributed by atoms with van der Waals surface area (Å²) in [5.41, 5.74) is -0.545. The second-order valence-electron chi connectivity index (χ2n) is 4.08. The van der Waals surface area contributed by atoms with E-state index < -0.39 is 21.7 Å². The molecule has 0 radical (unpaired) electrons. The van der Waals surface area contributed by atoms with Crippen LogP contribution in [0.15, 0.2) is 0 Å². The number of nitrogens with one attached hydrogen (secondary N) is 2. The van der Waals surface area contributed by atoms with Crippen molar-refractivity contribution in [2.24, 2.45) is 0 Å². The molecule has 15 heavy (non-hydrogen) atoms. The molecule has 6 nitrogen and oxygen atoms in total. The summed E-state index contributed by atoms with van der Waals surface area (Å²) in [6.07, 6.45) is 0.0154. The van der Waals surface area contributed by atoms with E-state index in [0.717, 1.165) is 0 Å². The van der Waals surface area contributed by atoms with Crippen LogP contribution in [0.5, 0.6) is 0 Å². The summed E-state index contributed by atoms with van der Waals surface area (Å²) >= 11 is 0. The molecule has 0 aromatic carbocycles. The third kappa shape index (κ3) is 8.34. The molecule has 0 heterocycles. The van der Waals surface area contributed by atoms with Crippen molar-refractivity contribution in [2.75, 3.05) is 13.7 Å². The van der Waals surface area contributed by atoms with Gasteiger partial charge in [-0.2, -0.15) is 13.1 Å². The Hall–Kier alpha value is -0.660. The first-order valence-electron chi connectivity index (χ1n) is 4.52. The fourth-order valence-corrected chi connectivity index (χ4v) is 2.08. The number of carbonyl (C=O) groups is 1. The molecular weight excluding hydrogens is 220 g/mol. The highest BCUT2D eigenvalue weighted by atomic mass is 32.2. The summed E-state index contributed by atoms with van der Waals surface area (Å²) in [7, 11) is -2.30. The molecular formula is C8H18N2O4S. The molecule has 0 aromatic rings. The maximum atomic E-state index is 11.3. The summed E-state index contributed by atoms with van der Waals surface area (Å²) in [5, 5.41) is 0. The number of methoxy groups -OCH3 is 1. The second kappa shape index (κ2) is 5.43. The lowest BCUT2D eigenvalue weighted by atomic mass is 10.1. The molecule has 0 spiro atoms. The number of rotatable bonds is 5. The van der Waals surface area contributed by atoms with Crippen LogP contribution >= 0.6 is 0 Å². The van der Waals surface area contributed by atoms with Crippen molar-refractivity contribution in [3.63, 3.8) is 0 Å². The number of ether oxygens (including phenoxy) is 1. The lowest BCUT2D eigenvalue weighted by Gasteiger charge is -2.20. The van der Waals surface area contributed by atoms with Gasteiger partial charge in [0, 0.05) is 12.1 Å². The standard InChI is InChI=1S/C8H18N2O4S/c1-8(2,3)10-15(12,13)9-6-5-7(11)14-4/h9-10H,5-6H2,1-4H3. The molecule has 0 aliphatic carbocycles. The van der Waals surface area contributed by atoms with Gasteiger partial charge in [-0.1, -0.05) is 0 Å². The third-order valence-corrected chi connectivity index (χ3v) is 2.75. The first-order chi connectivity index (χ1) is 6.66. The highest BCUT2D eigenvalue weighted by Gasteiger charge is 2.19.